The number of rotatable bonds is 7. The summed E-state index contributed by atoms with van der Waals surface area (Å²) in [5, 5.41) is 3.66. The summed E-state index contributed by atoms with van der Waals surface area (Å²) >= 11 is 6.04. The van der Waals surface area contributed by atoms with Gasteiger partial charge in [-0.3, -0.25) is 4.79 Å². The quantitative estimate of drug-likeness (QED) is 0.568. The van der Waals surface area contributed by atoms with E-state index in [0.717, 1.165) is 37.7 Å². The number of esters is 1. The number of carbonyl (C=O) groups is 2. The van der Waals surface area contributed by atoms with Gasteiger partial charge in [0.1, 0.15) is 11.3 Å². The summed E-state index contributed by atoms with van der Waals surface area (Å²) < 4.78 is 10.8. The molecule has 1 amide bonds. The second-order valence-electron chi connectivity index (χ2n) is 7.79. The Morgan fingerprint density at radius 2 is 1.80 bits per heavy atom. The molecule has 1 N–H and O–H groups in total. The molecule has 0 bridgehead atoms. The number of anilines is 1. The van der Waals surface area contributed by atoms with E-state index in [4.69, 9.17) is 21.1 Å². The highest BCUT2D eigenvalue weighted by molar-refractivity contribution is 6.30. The smallest absolute Gasteiger partial charge is 0.341 e. The zero-order valence-electron chi connectivity index (χ0n) is 17.7. The van der Waals surface area contributed by atoms with Gasteiger partial charge in [0, 0.05) is 10.7 Å². The molecule has 0 spiro atoms. The summed E-state index contributed by atoms with van der Waals surface area (Å²) in [7, 11) is 1.33. The zero-order valence-corrected chi connectivity index (χ0v) is 18.4. The maximum absolute atomic E-state index is 13.4. The Labute approximate surface area is 182 Å². The predicted molar refractivity (Wildman–Crippen MR) is 118 cm³/mol. The summed E-state index contributed by atoms with van der Waals surface area (Å²) in [6.45, 7) is 3.95. The van der Waals surface area contributed by atoms with Crippen molar-refractivity contribution in [2.24, 2.45) is 0 Å². The Hall–Kier alpha value is -2.53. The number of hydrogen-bond donors (Lipinski definition) is 1. The molecule has 1 saturated carbocycles. The van der Waals surface area contributed by atoms with Gasteiger partial charge in [0.05, 0.1) is 18.6 Å². The molecule has 5 nitrogen and oxygen atoms in total. The van der Waals surface area contributed by atoms with Crippen molar-refractivity contribution in [2.45, 2.75) is 57.5 Å². The van der Waals surface area contributed by atoms with E-state index in [1.165, 1.54) is 7.11 Å². The van der Waals surface area contributed by atoms with Crippen molar-refractivity contribution < 1.29 is 19.1 Å². The molecular formula is C24H28ClNO4. The summed E-state index contributed by atoms with van der Waals surface area (Å²) in [5.74, 6) is -0.131. The van der Waals surface area contributed by atoms with Gasteiger partial charge in [0.2, 0.25) is 5.91 Å². The van der Waals surface area contributed by atoms with Crippen LogP contribution in [0.2, 0.25) is 5.02 Å². The predicted octanol–water partition coefficient (Wildman–Crippen LogP) is 5.75. The van der Waals surface area contributed by atoms with Crippen LogP contribution in [-0.4, -0.2) is 25.1 Å². The molecule has 3 rings (SSSR count). The van der Waals surface area contributed by atoms with Crippen molar-refractivity contribution in [3.05, 3.63) is 58.6 Å². The van der Waals surface area contributed by atoms with Gasteiger partial charge in [-0.25, -0.2) is 4.79 Å². The minimum absolute atomic E-state index is 0.0412. The number of carbonyl (C=O) groups excluding carboxylic acids is 2. The molecule has 2 aromatic rings. The van der Waals surface area contributed by atoms with Crippen molar-refractivity contribution in [1.82, 2.24) is 0 Å². The van der Waals surface area contributed by atoms with Gasteiger partial charge in [0.25, 0.3) is 0 Å². The van der Waals surface area contributed by atoms with Gasteiger partial charge in [-0.2, -0.15) is 0 Å². The van der Waals surface area contributed by atoms with Gasteiger partial charge in [-0.05, 0) is 62.1 Å². The van der Waals surface area contributed by atoms with E-state index in [0.29, 0.717) is 22.0 Å². The Morgan fingerprint density at radius 3 is 2.40 bits per heavy atom. The number of nitrogens with one attached hydrogen (secondary N) is 1. The fraction of sp³-hybridized carbons (Fsp3) is 0.417. The maximum atomic E-state index is 13.4. The van der Waals surface area contributed by atoms with E-state index >= 15 is 0 Å². The highest BCUT2D eigenvalue weighted by Crippen LogP contribution is 2.42. The number of hydrogen-bond acceptors (Lipinski definition) is 4. The molecule has 1 aliphatic rings. The highest BCUT2D eigenvalue weighted by atomic mass is 35.5. The van der Waals surface area contributed by atoms with Gasteiger partial charge < -0.3 is 14.8 Å². The molecule has 6 heteroatoms. The third-order valence-corrected chi connectivity index (χ3v) is 6.09. The zero-order chi connectivity index (χ0) is 21.7. The van der Waals surface area contributed by atoms with Gasteiger partial charge in [-0.15, -0.1) is 0 Å². The van der Waals surface area contributed by atoms with Crippen LogP contribution in [0.25, 0.3) is 0 Å². The molecule has 0 heterocycles. The molecular weight excluding hydrogens is 402 g/mol. The lowest BCUT2D eigenvalue weighted by atomic mass is 9.78. The van der Waals surface area contributed by atoms with Crippen LogP contribution in [0, 0.1) is 0 Å². The number of methoxy groups -OCH3 is 1. The molecule has 0 saturated heterocycles. The van der Waals surface area contributed by atoms with Crippen molar-refractivity contribution in [1.29, 1.82) is 0 Å². The molecule has 2 aromatic carbocycles. The van der Waals surface area contributed by atoms with E-state index in [9.17, 15) is 9.59 Å². The largest absolute Gasteiger partial charge is 0.490 e. The molecule has 160 valence electrons. The average molecular weight is 430 g/mol. The number of ether oxygens (including phenoxy) is 2. The van der Waals surface area contributed by atoms with Gasteiger partial charge >= 0.3 is 5.97 Å². The van der Waals surface area contributed by atoms with Crippen LogP contribution < -0.4 is 10.1 Å². The van der Waals surface area contributed by atoms with Gasteiger partial charge in [-0.1, -0.05) is 43.5 Å². The van der Waals surface area contributed by atoms with Crippen LogP contribution in [0.1, 0.15) is 61.9 Å². The van der Waals surface area contributed by atoms with E-state index in [1.54, 1.807) is 18.2 Å². The fourth-order valence-electron chi connectivity index (χ4n) is 3.93. The summed E-state index contributed by atoms with van der Waals surface area (Å²) in [4.78, 5) is 25.7. The van der Waals surface area contributed by atoms with Crippen LogP contribution in [-0.2, 0) is 14.9 Å². The Balaban J connectivity index is 1.89. The Bertz CT molecular complexity index is 904. The third kappa shape index (κ3) is 4.62. The molecule has 1 atom stereocenters. The lowest BCUT2D eigenvalue weighted by Crippen LogP contribution is -2.38. The summed E-state index contributed by atoms with van der Waals surface area (Å²) in [6.07, 6.45) is 4.30. The number of benzene rings is 2. The summed E-state index contributed by atoms with van der Waals surface area (Å²) in [5.41, 5.74) is 1.20. The van der Waals surface area contributed by atoms with Crippen molar-refractivity contribution in [3.63, 3.8) is 0 Å². The SMILES string of the molecule is CCC(C)Oc1ccc(NC(=O)C2(c3ccc(Cl)cc3)CCCC2)cc1C(=O)OC. The monoisotopic (exact) mass is 429 g/mol. The van der Waals surface area contributed by atoms with E-state index in [2.05, 4.69) is 5.32 Å². The minimum atomic E-state index is -0.595. The third-order valence-electron chi connectivity index (χ3n) is 5.83. The first-order chi connectivity index (χ1) is 14.4. The Morgan fingerprint density at radius 1 is 1.13 bits per heavy atom. The van der Waals surface area contributed by atoms with Crippen LogP contribution >= 0.6 is 11.6 Å². The molecule has 0 aliphatic heterocycles. The van der Waals surface area contributed by atoms with E-state index < -0.39 is 11.4 Å². The topological polar surface area (TPSA) is 64.6 Å². The first kappa shape index (κ1) is 22.2. The maximum Gasteiger partial charge on any atom is 0.341 e. The molecule has 1 unspecified atom stereocenters. The first-order valence-corrected chi connectivity index (χ1v) is 10.7. The van der Waals surface area contributed by atoms with Crippen molar-refractivity contribution in [3.8, 4) is 5.75 Å². The average Bonchev–Trinajstić information content (AvgIpc) is 3.25. The van der Waals surface area contributed by atoms with Crippen molar-refractivity contribution >= 4 is 29.2 Å². The normalized spacial score (nSPS) is 16.0. The van der Waals surface area contributed by atoms with Crippen LogP contribution in [0.15, 0.2) is 42.5 Å². The molecule has 0 radical (unpaired) electrons. The molecule has 1 fully saturated rings. The molecule has 30 heavy (non-hydrogen) atoms. The fourth-order valence-corrected chi connectivity index (χ4v) is 4.05. The standard InChI is InChI=1S/C24H28ClNO4/c1-4-16(2)30-21-12-11-19(15-20(21)22(27)29-3)26-23(28)24(13-5-6-14-24)17-7-9-18(25)10-8-17/h7-12,15-16H,4-6,13-14H2,1-3H3,(H,26,28). The minimum Gasteiger partial charge on any atom is -0.490 e. The van der Waals surface area contributed by atoms with E-state index in [1.807, 2.05) is 38.1 Å². The first-order valence-electron chi connectivity index (χ1n) is 10.4. The molecule has 0 aromatic heterocycles. The van der Waals surface area contributed by atoms with Crippen LogP contribution in [0.4, 0.5) is 5.69 Å². The van der Waals surface area contributed by atoms with Crippen LogP contribution in [0.5, 0.6) is 5.75 Å². The number of amides is 1. The van der Waals surface area contributed by atoms with Crippen LogP contribution in [0.3, 0.4) is 0 Å². The lowest BCUT2D eigenvalue weighted by molar-refractivity contribution is -0.121. The lowest BCUT2D eigenvalue weighted by Gasteiger charge is -2.28. The summed E-state index contributed by atoms with van der Waals surface area (Å²) in [6, 6.07) is 12.6. The highest BCUT2D eigenvalue weighted by Gasteiger charge is 2.42. The molecule has 1 aliphatic carbocycles. The van der Waals surface area contributed by atoms with E-state index in [-0.39, 0.29) is 12.0 Å². The Kier molecular flexibility index (Phi) is 7.03. The number of halogens is 1. The second-order valence-corrected chi connectivity index (χ2v) is 8.23. The van der Waals surface area contributed by atoms with Gasteiger partial charge in [0.15, 0.2) is 0 Å². The van der Waals surface area contributed by atoms with Crippen molar-refractivity contribution in [2.75, 3.05) is 12.4 Å². The second kappa shape index (κ2) is 9.52.